The summed E-state index contributed by atoms with van der Waals surface area (Å²) in [4.78, 5) is 16.9. The topological polar surface area (TPSA) is 54.0 Å². The molecule has 1 aliphatic heterocycles. The number of likely N-dealkylation sites (N-methyl/N-ethyl adjacent to an activating group) is 1. The summed E-state index contributed by atoms with van der Waals surface area (Å²) in [7, 11) is 5.27. The van der Waals surface area contributed by atoms with Gasteiger partial charge in [0.1, 0.15) is 0 Å². The first-order valence-corrected chi connectivity index (χ1v) is 7.50. The maximum Gasteiger partial charge on any atom is 0.241 e. The predicted octanol–water partition coefficient (Wildman–Crippen LogP) is 1.28. The van der Waals surface area contributed by atoms with Gasteiger partial charge >= 0.3 is 0 Å². The van der Waals surface area contributed by atoms with Crippen LogP contribution in [-0.2, 0) is 4.79 Å². The molecule has 0 aromatic heterocycles. The fourth-order valence-corrected chi connectivity index (χ4v) is 2.54. The van der Waals surface area contributed by atoms with Crippen molar-refractivity contribution < 1.29 is 14.3 Å². The third-order valence-electron chi connectivity index (χ3n) is 4.12. The molecule has 0 spiro atoms. The molecule has 0 saturated carbocycles. The molecule has 1 saturated heterocycles. The maximum absolute atomic E-state index is 12.4. The van der Waals surface area contributed by atoms with Crippen LogP contribution in [0.3, 0.4) is 0 Å². The second-order valence-electron chi connectivity index (χ2n) is 5.57. The van der Waals surface area contributed by atoms with Crippen molar-refractivity contribution in [2.24, 2.45) is 0 Å². The highest BCUT2D eigenvalue weighted by Gasteiger charge is 2.24. The van der Waals surface area contributed by atoms with E-state index in [0.29, 0.717) is 17.2 Å². The third kappa shape index (κ3) is 3.90. The molecule has 1 atom stereocenters. The summed E-state index contributed by atoms with van der Waals surface area (Å²) < 4.78 is 10.5. The molecule has 1 heterocycles. The SMILES string of the molecule is COc1ccc(NC(=O)[C@@H](C)N2CCN(C)CC2)cc1OC. The highest BCUT2D eigenvalue weighted by molar-refractivity contribution is 5.94. The number of rotatable bonds is 5. The Hall–Kier alpha value is -1.79. The molecule has 2 rings (SSSR count). The van der Waals surface area contributed by atoms with E-state index in [1.165, 1.54) is 0 Å². The number of piperazine rings is 1. The number of carbonyl (C=O) groups excluding carboxylic acids is 1. The molecule has 1 aliphatic rings. The van der Waals surface area contributed by atoms with Crippen molar-refractivity contribution in [3.8, 4) is 11.5 Å². The average Bonchev–Trinajstić information content (AvgIpc) is 2.54. The van der Waals surface area contributed by atoms with Crippen molar-refractivity contribution in [3.05, 3.63) is 18.2 Å². The second-order valence-corrected chi connectivity index (χ2v) is 5.57. The summed E-state index contributed by atoms with van der Waals surface area (Å²) in [6.45, 7) is 5.76. The number of carbonyl (C=O) groups is 1. The quantitative estimate of drug-likeness (QED) is 0.888. The number of amides is 1. The van der Waals surface area contributed by atoms with Gasteiger partial charge in [0.2, 0.25) is 5.91 Å². The molecule has 0 aliphatic carbocycles. The molecule has 6 heteroatoms. The highest BCUT2D eigenvalue weighted by Crippen LogP contribution is 2.29. The minimum absolute atomic E-state index is 0.00299. The van der Waals surface area contributed by atoms with E-state index in [1.807, 2.05) is 13.0 Å². The fraction of sp³-hybridized carbons (Fsp3) is 0.562. The molecule has 1 amide bonds. The third-order valence-corrected chi connectivity index (χ3v) is 4.12. The van der Waals surface area contributed by atoms with Crippen LogP contribution in [0, 0.1) is 0 Å². The number of nitrogens with zero attached hydrogens (tertiary/aromatic N) is 2. The van der Waals surface area contributed by atoms with Crippen molar-refractivity contribution in [1.29, 1.82) is 0 Å². The van der Waals surface area contributed by atoms with Crippen molar-refractivity contribution in [2.75, 3.05) is 52.8 Å². The summed E-state index contributed by atoms with van der Waals surface area (Å²) in [6, 6.07) is 5.22. The molecular formula is C16H25N3O3. The second kappa shape index (κ2) is 7.47. The lowest BCUT2D eigenvalue weighted by Gasteiger charge is -2.35. The monoisotopic (exact) mass is 307 g/mol. The summed E-state index contributed by atoms with van der Waals surface area (Å²) in [5, 5.41) is 2.95. The Balaban J connectivity index is 1.99. The van der Waals surface area contributed by atoms with Crippen molar-refractivity contribution in [3.63, 3.8) is 0 Å². The molecule has 0 unspecified atom stereocenters. The molecule has 6 nitrogen and oxygen atoms in total. The van der Waals surface area contributed by atoms with E-state index in [9.17, 15) is 4.79 Å². The maximum atomic E-state index is 12.4. The zero-order valence-electron chi connectivity index (χ0n) is 13.8. The zero-order valence-corrected chi connectivity index (χ0v) is 13.8. The van der Waals surface area contributed by atoms with E-state index in [2.05, 4.69) is 22.2 Å². The number of anilines is 1. The molecular weight excluding hydrogens is 282 g/mol. The Kier molecular flexibility index (Phi) is 5.63. The van der Waals surface area contributed by atoms with Gasteiger partial charge in [0.15, 0.2) is 11.5 Å². The van der Waals surface area contributed by atoms with Crippen LogP contribution in [0.15, 0.2) is 18.2 Å². The van der Waals surface area contributed by atoms with Gasteiger partial charge < -0.3 is 19.7 Å². The number of nitrogens with one attached hydrogen (secondary N) is 1. The van der Waals surface area contributed by atoms with Crippen LogP contribution >= 0.6 is 0 Å². The van der Waals surface area contributed by atoms with E-state index >= 15 is 0 Å². The zero-order chi connectivity index (χ0) is 16.1. The molecule has 1 aromatic carbocycles. The lowest BCUT2D eigenvalue weighted by molar-refractivity contribution is -0.121. The van der Waals surface area contributed by atoms with E-state index < -0.39 is 0 Å². The van der Waals surface area contributed by atoms with Gasteiger partial charge in [0.25, 0.3) is 0 Å². The summed E-state index contributed by atoms with van der Waals surface area (Å²) in [5.41, 5.74) is 0.712. The number of hydrogen-bond donors (Lipinski definition) is 1. The van der Waals surface area contributed by atoms with Crippen LogP contribution in [0.1, 0.15) is 6.92 Å². The lowest BCUT2D eigenvalue weighted by atomic mass is 10.2. The minimum Gasteiger partial charge on any atom is -0.493 e. The summed E-state index contributed by atoms with van der Waals surface area (Å²) >= 11 is 0. The molecule has 1 N–H and O–H groups in total. The van der Waals surface area contributed by atoms with E-state index in [1.54, 1.807) is 26.4 Å². The Morgan fingerprint density at radius 3 is 2.36 bits per heavy atom. The van der Waals surface area contributed by atoms with E-state index in [0.717, 1.165) is 26.2 Å². The normalized spacial score (nSPS) is 17.8. The van der Waals surface area contributed by atoms with E-state index in [-0.39, 0.29) is 11.9 Å². The highest BCUT2D eigenvalue weighted by atomic mass is 16.5. The first-order valence-electron chi connectivity index (χ1n) is 7.50. The fourth-order valence-electron chi connectivity index (χ4n) is 2.54. The average molecular weight is 307 g/mol. The van der Waals surface area contributed by atoms with Gasteiger partial charge in [-0.2, -0.15) is 0 Å². The van der Waals surface area contributed by atoms with Crippen LogP contribution in [0.25, 0.3) is 0 Å². The molecule has 22 heavy (non-hydrogen) atoms. The first kappa shape index (κ1) is 16.6. The summed E-state index contributed by atoms with van der Waals surface area (Å²) in [5.74, 6) is 1.25. The Bertz CT molecular complexity index is 513. The van der Waals surface area contributed by atoms with Gasteiger partial charge in [-0.25, -0.2) is 0 Å². The summed E-state index contributed by atoms with van der Waals surface area (Å²) in [6.07, 6.45) is 0. The van der Waals surface area contributed by atoms with Gasteiger partial charge in [0, 0.05) is 37.9 Å². The lowest BCUT2D eigenvalue weighted by Crippen LogP contribution is -2.51. The van der Waals surface area contributed by atoms with Crippen LogP contribution in [0.5, 0.6) is 11.5 Å². The molecule has 0 radical (unpaired) electrons. The number of methoxy groups -OCH3 is 2. The van der Waals surface area contributed by atoms with Crippen molar-refractivity contribution in [2.45, 2.75) is 13.0 Å². The molecule has 122 valence electrons. The Morgan fingerprint density at radius 2 is 1.77 bits per heavy atom. The number of hydrogen-bond acceptors (Lipinski definition) is 5. The van der Waals surface area contributed by atoms with Crippen LogP contribution in [0.4, 0.5) is 5.69 Å². The van der Waals surface area contributed by atoms with Crippen LogP contribution in [0.2, 0.25) is 0 Å². The van der Waals surface area contributed by atoms with Gasteiger partial charge in [0.05, 0.1) is 20.3 Å². The molecule has 1 fully saturated rings. The van der Waals surface area contributed by atoms with Crippen molar-refractivity contribution >= 4 is 11.6 Å². The minimum atomic E-state index is -0.151. The molecule has 1 aromatic rings. The standard InChI is InChI=1S/C16H25N3O3/c1-12(19-9-7-18(2)8-10-19)16(20)17-13-5-6-14(21-3)15(11-13)22-4/h5-6,11-12H,7-10H2,1-4H3,(H,17,20)/t12-/m1/s1. The Morgan fingerprint density at radius 1 is 1.14 bits per heavy atom. The van der Waals surface area contributed by atoms with Gasteiger partial charge in [-0.1, -0.05) is 0 Å². The van der Waals surface area contributed by atoms with E-state index in [4.69, 9.17) is 9.47 Å². The smallest absolute Gasteiger partial charge is 0.241 e. The first-order chi connectivity index (χ1) is 10.5. The van der Waals surface area contributed by atoms with Crippen LogP contribution in [-0.4, -0.2) is 69.2 Å². The van der Waals surface area contributed by atoms with Gasteiger partial charge in [-0.15, -0.1) is 0 Å². The van der Waals surface area contributed by atoms with Crippen LogP contribution < -0.4 is 14.8 Å². The predicted molar refractivity (Wildman–Crippen MR) is 86.7 cm³/mol. The number of benzene rings is 1. The van der Waals surface area contributed by atoms with Crippen molar-refractivity contribution in [1.82, 2.24) is 9.80 Å². The largest absolute Gasteiger partial charge is 0.493 e. The Labute approximate surface area is 132 Å². The molecule has 0 bridgehead atoms. The van der Waals surface area contributed by atoms with Gasteiger partial charge in [-0.05, 0) is 26.1 Å². The van der Waals surface area contributed by atoms with Gasteiger partial charge in [-0.3, -0.25) is 9.69 Å². The number of ether oxygens (including phenoxy) is 2.